The van der Waals surface area contributed by atoms with Gasteiger partial charge in [-0.05, 0) is 30.9 Å². The highest BCUT2D eigenvalue weighted by Gasteiger charge is 2.30. The van der Waals surface area contributed by atoms with E-state index in [9.17, 15) is 0 Å². The van der Waals surface area contributed by atoms with E-state index in [2.05, 4.69) is 36.4 Å². The molecule has 122 valence electrons. The molecule has 0 saturated heterocycles. The standard InChI is InChI=1S/C21H26O2/c1-22-19-14-8-6-12-17(19)21(16-10-4-3-5-11-16)18-13-7-9-15-20(18)23-2/h6-9,12-16,21H,3-5,10-11H2,1-2H3. The average Bonchev–Trinajstić information content (AvgIpc) is 2.64. The van der Waals surface area contributed by atoms with Crippen molar-refractivity contribution in [2.75, 3.05) is 14.2 Å². The van der Waals surface area contributed by atoms with E-state index in [0.717, 1.165) is 11.5 Å². The van der Waals surface area contributed by atoms with Crippen molar-refractivity contribution < 1.29 is 9.47 Å². The second-order valence-electron chi connectivity index (χ2n) is 6.36. The Balaban J connectivity index is 2.10. The topological polar surface area (TPSA) is 18.5 Å². The highest BCUT2D eigenvalue weighted by atomic mass is 16.5. The Morgan fingerprint density at radius 2 is 1.22 bits per heavy atom. The number of ether oxygens (including phenoxy) is 2. The van der Waals surface area contributed by atoms with Crippen molar-refractivity contribution in [3.8, 4) is 11.5 Å². The van der Waals surface area contributed by atoms with E-state index < -0.39 is 0 Å². The summed E-state index contributed by atoms with van der Waals surface area (Å²) in [5, 5.41) is 0. The summed E-state index contributed by atoms with van der Waals surface area (Å²) in [5.74, 6) is 2.95. The molecule has 2 heteroatoms. The molecule has 3 rings (SSSR count). The Bertz CT molecular complexity index is 582. The van der Waals surface area contributed by atoms with Gasteiger partial charge in [0.05, 0.1) is 14.2 Å². The first-order valence-corrected chi connectivity index (χ1v) is 8.61. The summed E-state index contributed by atoms with van der Waals surface area (Å²) >= 11 is 0. The molecule has 23 heavy (non-hydrogen) atoms. The Hall–Kier alpha value is -1.96. The van der Waals surface area contributed by atoms with Crippen LogP contribution in [0.3, 0.4) is 0 Å². The minimum Gasteiger partial charge on any atom is -0.496 e. The summed E-state index contributed by atoms with van der Waals surface area (Å²) in [6.07, 6.45) is 6.57. The molecule has 0 atom stereocenters. The molecule has 0 aromatic heterocycles. The summed E-state index contributed by atoms with van der Waals surface area (Å²) in [6.45, 7) is 0. The second kappa shape index (κ2) is 7.54. The molecule has 1 aliphatic carbocycles. The molecule has 1 fully saturated rings. The third-order valence-electron chi connectivity index (χ3n) is 5.07. The molecular formula is C21H26O2. The Labute approximate surface area is 139 Å². The highest BCUT2D eigenvalue weighted by Crippen LogP contribution is 2.45. The SMILES string of the molecule is COc1ccccc1C(c1ccccc1OC)C1CCCCC1. The Morgan fingerprint density at radius 1 is 0.739 bits per heavy atom. The van der Waals surface area contributed by atoms with Gasteiger partial charge >= 0.3 is 0 Å². The van der Waals surface area contributed by atoms with E-state index in [0.29, 0.717) is 11.8 Å². The smallest absolute Gasteiger partial charge is 0.122 e. The zero-order valence-corrected chi connectivity index (χ0v) is 14.1. The van der Waals surface area contributed by atoms with E-state index in [-0.39, 0.29) is 0 Å². The molecule has 0 radical (unpaired) electrons. The summed E-state index contributed by atoms with van der Waals surface area (Å²) in [5.41, 5.74) is 2.57. The molecule has 1 saturated carbocycles. The molecule has 2 aromatic carbocycles. The van der Waals surface area contributed by atoms with Crippen LogP contribution in [0.2, 0.25) is 0 Å². The summed E-state index contributed by atoms with van der Waals surface area (Å²) in [7, 11) is 3.53. The zero-order valence-electron chi connectivity index (χ0n) is 14.1. The van der Waals surface area contributed by atoms with Gasteiger partial charge in [0, 0.05) is 17.0 Å². The maximum absolute atomic E-state index is 5.67. The van der Waals surface area contributed by atoms with E-state index in [1.54, 1.807) is 14.2 Å². The van der Waals surface area contributed by atoms with Gasteiger partial charge in [-0.3, -0.25) is 0 Å². The zero-order chi connectivity index (χ0) is 16.1. The van der Waals surface area contributed by atoms with Crippen LogP contribution in [-0.2, 0) is 0 Å². The fraction of sp³-hybridized carbons (Fsp3) is 0.429. The van der Waals surface area contributed by atoms with Gasteiger partial charge in [0.25, 0.3) is 0 Å². The summed E-state index contributed by atoms with van der Waals surface area (Å²) in [4.78, 5) is 0. The van der Waals surface area contributed by atoms with Crippen molar-refractivity contribution in [1.29, 1.82) is 0 Å². The molecular weight excluding hydrogens is 284 g/mol. The lowest BCUT2D eigenvalue weighted by Crippen LogP contribution is -2.19. The largest absolute Gasteiger partial charge is 0.496 e. The minimum absolute atomic E-state index is 0.336. The number of rotatable bonds is 5. The fourth-order valence-electron chi connectivity index (χ4n) is 3.99. The number of para-hydroxylation sites is 2. The van der Waals surface area contributed by atoms with Crippen molar-refractivity contribution in [1.82, 2.24) is 0 Å². The van der Waals surface area contributed by atoms with Crippen LogP contribution >= 0.6 is 0 Å². The number of methoxy groups -OCH3 is 2. The first kappa shape index (κ1) is 15.9. The van der Waals surface area contributed by atoms with Crippen LogP contribution in [0.4, 0.5) is 0 Å². The van der Waals surface area contributed by atoms with Crippen molar-refractivity contribution in [2.45, 2.75) is 38.0 Å². The van der Waals surface area contributed by atoms with Gasteiger partial charge in [-0.1, -0.05) is 55.7 Å². The molecule has 0 bridgehead atoms. The van der Waals surface area contributed by atoms with Gasteiger partial charge < -0.3 is 9.47 Å². The Morgan fingerprint density at radius 3 is 1.70 bits per heavy atom. The first-order valence-electron chi connectivity index (χ1n) is 8.61. The van der Waals surface area contributed by atoms with Gasteiger partial charge in [0.1, 0.15) is 11.5 Å². The van der Waals surface area contributed by atoms with E-state index >= 15 is 0 Å². The molecule has 2 aromatic rings. The maximum atomic E-state index is 5.67. The van der Waals surface area contributed by atoms with E-state index in [4.69, 9.17) is 9.47 Å². The lowest BCUT2D eigenvalue weighted by molar-refractivity contribution is 0.313. The van der Waals surface area contributed by atoms with Crippen LogP contribution < -0.4 is 9.47 Å². The molecule has 0 heterocycles. The minimum atomic E-state index is 0.336. The molecule has 0 amide bonds. The van der Waals surface area contributed by atoms with Crippen LogP contribution in [0.1, 0.15) is 49.1 Å². The van der Waals surface area contributed by atoms with Crippen molar-refractivity contribution in [3.63, 3.8) is 0 Å². The molecule has 0 N–H and O–H groups in total. The predicted octanol–water partition coefficient (Wildman–Crippen LogP) is 5.42. The van der Waals surface area contributed by atoms with Gasteiger partial charge in [-0.25, -0.2) is 0 Å². The van der Waals surface area contributed by atoms with Gasteiger partial charge in [-0.2, -0.15) is 0 Å². The van der Waals surface area contributed by atoms with Crippen LogP contribution in [-0.4, -0.2) is 14.2 Å². The third kappa shape index (κ3) is 3.36. The number of benzene rings is 2. The maximum Gasteiger partial charge on any atom is 0.122 e. The molecule has 1 aliphatic rings. The molecule has 0 aliphatic heterocycles. The normalized spacial score (nSPS) is 15.6. The third-order valence-corrected chi connectivity index (χ3v) is 5.07. The van der Waals surface area contributed by atoms with Crippen LogP contribution in [0, 0.1) is 5.92 Å². The predicted molar refractivity (Wildman–Crippen MR) is 94.4 cm³/mol. The van der Waals surface area contributed by atoms with Crippen molar-refractivity contribution in [2.24, 2.45) is 5.92 Å². The first-order chi connectivity index (χ1) is 11.3. The number of hydrogen-bond acceptors (Lipinski definition) is 2. The van der Waals surface area contributed by atoms with Crippen molar-refractivity contribution >= 4 is 0 Å². The van der Waals surface area contributed by atoms with Gasteiger partial charge in [0.2, 0.25) is 0 Å². The lowest BCUT2D eigenvalue weighted by atomic mass is 9.73. The van der Waals surface area contributed by atoms with Gasteiger partial charge in [-0.15, -0.1) is 0 Å². The van der Waals surface area contributed by atoms with Gasteiger partial charge in [0.15, 0.2) is 0 Å². The van der Waals surface area contributed by atoms with Crippen LogP contribution in [0.15, 0.2) is 48.5 Å². The van der Waals surface area contributed by atoms with E-state index in [1.807, 2.05) is 12.1 Å². The Kier molecular flexibility index (Phi) is 5.22. The second-order valence-corrected chi connectivity index (χ2v) is 6.36. The molecule has 0 unspecified atom stereocenters. The van der Waals surface area contributed by atoms with Crippen molar-refractivity contribution in [3.05, 3.63) is 59.7 Å². The molecule has 2 nitrogen and oxygen atoms in total. The monoisotopic (exact) mass is 310 g/mol. The summed E-state index contributed by atoms with van der Waals surface area (Å²) in [6, 6.07) is 16.9. The van der Waals surface area contributed by atoms with E-state index in [1.165, 1.54) is 43.2 Å². The van der Waals surface area contributed by atoms with Crippen LogP contribution in [0.5, 0.6) is 11.5 Å². The summed E-state index contributed by atoms with van der Waals surface area (Å²) < 4.78 is 11.3. The quantitative estimate of drug-likeness (QED) is 0.734. The fourth-order valence-corrected chi connectivity index (χ4v) is 3.99. The van der Waals surface area contributed by atoms with Crippen LogP contribution in [0.25, 0.3) is 0 Å². The highest BCUT2D eigenvalue weighted by molar-refractivity contribution is 5.47. The number of hydrogen-bond donors (Lipinski definition) is 0. The average molecular weight is 310 g/mol. The lowest BCUT2D eigenvalue weighted by Gasteiger charge is -2.32. The molecule has 0 spiro atoms.